The molecule has 9 heteroatoms. The van der Waals surface area contributed by atoms with Crippen LogP contribution in [-0.2, 0) is 12.4 Å². The molecule has 0 radical (unpaired) electrons. The third kappa shape index (κ3) is 6.17. The summed E-state index contributed by atoms with van der Waals surface area (Å²) in [5.41, 5.74) is 1.86. The van der Waals surface area contributed by atoms with Crippen LogP contribution in [0.2, 0.25) is 0 Å². The number of fused-ring (bicyclic) bond motifs is 3. The first kappa shape index (κ1) is 34.7. The Bertz CT molecular complexity index is 2310. The maximum Gasteiger partial charge on any atom is 0.416 e. The van der Waals surface area contributed by atoms with E-state index in [0.29, 0.717) is 21.8 Å². The number of rotatable bonds is 6. The Morgan fingerprint density at radius 2 is 0.686 bits per heavy atom. The van der Waals surface area contributed by atoms with Crippen LogP contribution in [0.25, 0.3) is 21.9 Å². The van der Waals surface area contributed by atoms with Gasteiger partial charge in [0.1, 0.15) is 11.2 Å². The number of benzene rings is 6. The Hall–Kier alpha value is -4.70. The highest BCUT2D eigenvalue weighted by atomic mass is 31.2. The molecule has 6 aromatic carbocycles. The molecule has 0 bridgehead atoms. The van der Waals surface area contributed by atoms with Crippen LogP contribution < -0.4 is 31.8 Å². The minimum absolute atomic E-state index is 0.617. The summed E-state index contributed by atoms with van der Waals surface area (Å²) in [6.07, 6.45) is 0.570. The lowest BCUT2D eigenvalue weighted by Gasteiger charge is -2.27. The number of hydrogen-bond donors (Lipinski definition) is 0. The molecular weight excluding hydrogens is 696 g/mol. The Labute approximate surface area is 292 Å². The van der Waals surface area contributed by atoms with Crippen molar-refractivity contribution < 1.29 is 30.8 Å². The second kappa shape index (κ2) is 12.5. The normalized spacial score (nSPS) is 14.7. The van der Waals surface area contributed by atoms with Gasteiger partial charge in [-0.3, -0.25) is 0 Å². The van der Waals surface area contributed by atoms with Gasteiger partial charge in [0.15, 0.2) is 0 Å². The summed E-state index contributed by atoms with van der Waals surface area (Å²) in [5.74, 6) is 0. The maximum absolute atomic E-state index is 13.5. The molecule has 1 aromatic heterocycles. The minimum Gasteiger partial charge on any atom is -0.456 e. The van der Waals surface area contributed by atoms with Crippen molar-refractivity contribution in [1.29, 1.82) is 0 Å². The van der Waals surface area contributed by atoms with E-state index in [9.17, 15) is 26.3 Å². The van der Waals surface area contributed by atoms with Crippen LogP contribution in [0.15, 0.2) is 138 Å². The lowest BCUT2D eigenvalue weighted by Crippen LogP contribution is -2.26. The van der Waals surface area contributed by atoms with Crippen LogP contribution in [0.1, 0.15) is 22.3 Å². The van der Waals surface area contributed by atoms with E-state index < -0.39 is 37.3 Å². The quantitative estimate of drug-likeness (QED) is 0.123. The van der Waals surface area contributed by atoms with Crippen molar-refractivity contribution in [3.8, 4) is 0 Å². The molecule has 0 saturated carbocycles. The monoisotopic (exact) mass is 728 g/mol. The summed E-state index contributed by atoms with van der Waals surface area (Å²) in [5, 5.41) is 6.48. The van der Waals surface area contributed by atoms with Gasteiger partial charge in [-0.15, -0.1) is 0 Å². The van der Waals surface area contributed by atoms with Gasteiger partial charge in [0.25, 0.3) is 0 Å². The molecule has 51 heavy (non-hydrogen) atoms. The lowest BCUT2D eigenvalue weighted by atomic mass is 10.1. The standard InChI is InChI=1S/C42H32F6OP2/c1-27-5-13-31(14-6-27)50(3,33-17-9-29(10-18-33)41(43,44)45)35-21-23-39-37(25-35)38-26-36(22-24-40(38)49-39)51(4,32-15-7-28(2)8-16-32)34-19-11-30(12-20-34)42(46,47)48/h5-26H,3-4H2,1-2H3. The molecule has 0 aliphatic carbocycles. The van der Waals surface area contributed by atoms with Crippen LogP contribution in [0.4, 0.5) is 26.3 Å². The first-order chi connectivity index (χ1) is 24.1. The Balaban J connectivity index is 1.43. The van der Waals surface area contributed by atoms with Gasteiger partial charge < -0.3 is 4.42 Å². The van der Waals surface area contributed by atoms with Crippen LogP contribution in [0.5, 0.6) is 0 Å². The minimum atomic E-state index is -4.47. The summed E-state index contributed by atoms with van der Waals surface area (Å²) in [6, 6.07) is 37.9. The SMILES string of the molecule is C=P(c1ccc(C)cc1)(c1ccc(C(F)(F)F)cc1)c1ccc2oc3ccc(P(=C)(c4ccc(C)cc4)c4ccc(C(F)(F)F)cc4)cc3c2c1. The molecule has 258 valence electrons. The summed E-state index contributed by atoms with van der Waals surface area (Å²) >= 11 is 0. The summed E-state index contributed by atoms with van der Waals surface area (Å²) < 4.78 is 87.6. The second-order valence-corrected chi connectivity index (χ2v) is 19.2. The van der Waals surface area contributed by atoms with Crippen molar-refractivity contribution in [3.05, 3.63) is 156 Å². The molecule has 7 aromatic rings. The smallest absolute Gasteiger partial charge is 0.416 e. The molecular formula is C42H32F6OP2. The molecule has 0 amide bonds. The number of halogens is 6. The van der Waals surface area contributed by atoms with E-state index in [1.165, 1.54) is 24.3 Å². The van der Waals surface area contributed by atoms with Gasteiger partial charge >= 0.3 is 12.4 Å². The average molecular weight is 729 g/mol. The molecule has 0 N–H and O–H groups in total. The van der Waals surface area contributed by atoms with Crippen LogP contribution >= 0.6 is 13.8 Å². The van der Waals surface area contributed by atoms with Crippen molar-refractivity contribution in [2.45, 2.75) is 26.2 Å². The Morgan fingerprint density at radius 1 is 0.412 bits per heavy atom. The Morgan fingerprint density at radius 3 is 0.980 bits per heavy atom. The predicted molar refractivity (Wildman–Crippen MR) is 205 cm³/mol. The van der Waals surface area contributed by atoms with Gasteiger partial charge in [0.2, 0.25) is 0 Å². The van der Waals surface area contributed by atoms with Crippen LogP contribution in [0, 0.1) is 13.8 Å². The zero-order valence-electron chi connectivity index (χ0n) is 27.7. The van der Waals surface area contributed by atoms with Crippen molar-refractivity contribution in [3.63, 3.8) is 0 Å². The zero-order chi connectivity index (χ0) is 36.3. The summed E-state index contributed by atoms with van der Waals surface area (Å²) in [7, 11) is 0. The van der Waals surface area contributed by atoms with Crippen molar-refractivity contribution in [1.82, 2.24) is 0 Å². The van der Waals surface area contributed by atoms with Gasteiger partial charge in [-0.1, -0.05) is 109 Å². The number of hydrogen-bond acceptors (Lipinski definition) is 1. The lowest BCUT2D eigenvalue weighted by molar-refractivity contribution is -0.138. The highest BCUT2D eigenvalue weighted by Gasteiger charge is 2.33. The van der Waals surface area contributed by atoms with Gasteiger partial charge in [0, 0.05) is 10.8 Å². The first-order valence-electron chi connectivity index (χ1n) is 16.0. The Kier molecular flexibility index (Phi) is 8.52. The number of furan rings is 1. The molecule has 0 aliphatic rings. The average Bonchev–Trinajstić information content (AvgIpc) is 3.48. The van der Waals surface area contributed by atoms with E-state index >= 15 is 0 Å². The molecule has 2 atom stereocenters. The third-order valence-electron chi connectivity index (χ3n) is 9.54. The highest BCUT2D eigenvalue weighted by molar-refractivity contribution is 7.93. The van der Waals surface area contributed by atoms with E-state index in [2.05, 4.69) is 0 Å². The fourth-order valence-corrected chi connectivity index (χ4v) is 12.3. The van der Waals surface area contributed by atoms with Crippen molar-refractivity contribution in [2.75, 3.05) is 0 Å². The molecule has 1 heterocycles. The van der Waals surface area contributed by atoms with Crippen LogP contribution in [-0.4, -0.2) is 12.6 Å². The van der Waals surface area contributed by atoms with Gasteiger partial charge in [-0.2, -0.15) is 26.3 Å². The van der Waals surface area contributed by atoms with E-state index in [0.717, 1.165) is 67.4 Å². The maximum atomic E-state index is 13.5. The molecule has 7 rings (SSSR count). The molecule has 0 fully saturated rings. The fraction of sp³-hybridized carbons (Fsp3) is 0.0952. The van der Waals surface area contributed by atoms with E-state index in [1.807, 2.05) is 98.8 Å². The number of aryl methyl sites for hydroxylation is 2. The molecule has 0 spiro atoms. The third-order valence-corrected chi connectivity index (χ3v) is 16.6. The topological polar surface area (TPSA) is 13.1 Å². The van der Waals surface area contributed by atoms with Gasteiger partial charge in [-0.25, -0.2) is 0 Å². The predicted octanol–water partition coefficient (Wildman–Crippen LogP) is 9.69. The van der Waals surface area contributed by atoms with Crippen LogP contribution in [0.3, 0.4) is 0 Å². The fourth-order valence-electron chi connectivity index (χ4n) is 6.53. The first-order valence-corrected chi connectivity index (χ1v) is 20.0. The van der Waals surface area contributed by atoms with Gasteiger partial charge in [0.05, 0.1) is 11.1 Å². The molecule has 2 unspecified atom stereocenters. The van der Waals surface area contributed by atoms with E-state index in [4.69, 9.17) is 17.0 Å². The largest absolute Gasteiger partial charge is 0.456 e. The summed E-state index contributed by atoms with van der Waals surface area (Å²) in [4.78, 5) is 0. The van der Waals surface area contributed by atoms with Crippen molar-refractivity contribution >= 4 is 80.1 Å². The molecule has 0 saturated heterocycles. The zero-order valence-corrected chi connectivity index (χ0v) is 29.5. The highest BCUT2D eigenvalue weighted by Crippen LogP contribution is 2.46. The summed E-state index contributed by atoms with van der Waals surface area (Å²) in [6.45, 7) is -1.45. The van der Waals surface area contributed by atoms with Gasteiger partial charge in [-0.05, 0) is 108 Å². The molecule has 0 aliphatic heterocycles. The van der Waals surface area contributed by atoms with Crippen molar-refractivity contribution in [2.24, 2.45) is 0 Å². The van der Waals surface area contributed by atoms with E-state index in [-0.39, 0.29) is 0 Å². The van der Waals surface area contributed by atoms with E-state index in [1.54, 1.807) is 0 Å². The molecule has 1 nitrogen and oxygen atoms in total. The second-order valence-electron chi connectivity index (χ2n) is 12.8. The number of alkyl halides is 6.